The van der Waals surface area contributed by atoms with E-state index >= 15 is 9.59 Å². The Kier molecular flexibility index (Phi) is 30.8. The Bertz CT molecular complexity index is 2830. The van der Waals surface area contributed by atoms with Crippen molar-refractivity contribution in [2.45, 2.75) is 298 Å². The Labute approximate surface area is 521 Å². The fraction of sp³-hybridized carbons (Fsp3) is 0.641. The molecule has 84 heavy (non-hydrogen) atoms. The van der Waals surface area contributed by atoms with Gasteiger partial charge < -0.3 is 9.80 Å². The molecule has 5 aromatic rings. The van der Waals surface area contributed by atoms with E-state index in [0.29, 0.717) is 11.8 Å². The van der Waals surface area contributed by atoms with Crippen LogP contribution >= 0.6 is 22.7 Å². The van der Waals surface area contributed by atoms with E-state index < -0.39 is 0 Å². The maximum Gasteiger partial charge on any atom is 0.260 e. The van der Waals surface area contributed by atoms with Gasteiger partial charge in [-0.25, -0.2) is 0 Å². The van der Waals surface area contributed by atoms with Crippen LogP contribution in [0.4, 0.5) is 11.4 Å². The molecule has 6 heteroatoms. The summed E-state index contributed by atoms with van der Waals surface area (Å²) in [6, 6.07) is 27.0. The van der Waals surface area contributed by atoms with Crippen molar-refractivity contribution in [3.63, 3.8) is 0 Å². The van der Waals surface area contributed by atoms with Gasteiger partial charge in [0.25, 0.3) is 11.8 Å². The van der Waals surface area contributed by atoms with Crippen LogP contribution in [0.1, 0.15) is 305 Å². The summed E-state index contributed by atoms with van der Waals surface area (Å²) < 4.78 is 0. The van der Waals surface area contributed by atoms with Crippen molar-refractivity contribution in [2.24, 2.45) is 11.8 Å². The number of anilines is 2. The molecule has 0 bridgehead atoms. The lowest BCUT2D eigenvalue weighted by Crippen LogP contribution is -2.35. The van der Waals surface area contributed by atoms with E-state index in [9.17, 15) is 0 Å². The van der Waals surface area contributed by atoms with Crippen molar-refractivity contribution in [1.82, 2.24) is 0 Å². The number of benzene rings is 3. The second kappa shape index (κ2) is 38.3. The smallest absolute Gasteiger partial charge is 0.260 e. The highest BCUT2D eigenvalue weighted by Crippen LogP contribution is 2.39. The van der Waals surface area contributed by atoms with Crippen LogP contribution in [0.3, 0.4) is 0 Å². The Morgan fingerprint density at radius 2 is 0.679 bits per heavy atom. The topological polar surface area (TPSA) is 40.6 Å². The molecule has 4 heterocycles. The van der Waals surface area contributed by atoms with Crippen LogP contribution in [0.2, 0.25) is 0 Å². The molecular formula is C78H116N2O2S2. The molecule has 2 unspecified atom stereocenters. The molecular weight excluding hydrogens is 1060 g/mol. The molecule has 0 fully saturated rings. The van der Waals surface area contributed by atoms with Gasteiger partial charge in [-0.05, 0) is 110 Å². The Balaban J connectivity index is 1.21. The normalized spacial score (nSPS) is 14.0. The van der Waals surface area contributed by atoms with Crippen LogP contribution in [0.15, 0.2) is 72.8 Å². The summed E-state index contributed by atoms with van der Waals surface area (Å²) in [5.74, 6) is 1.15. The SMILES string of the molecule is CCCCCCCCCCCCC(CCCCCCCCCC)CN1C(=O)C(c2ccc(C)s2)=c2cc3c(cc21)=C(c1ccc(-c2ccc4cc(C)ccc4c2)s1)C(=O)N3CC(CCCCCCCCCC)CCCCCCCCCCCC. The fourth-order valence-corrected chi connectivity index (χ4v) is 15.8. The first-order valence-electron chi connectivity index (χ1n) is 35.5. The molecule has 4 nitrogen and oxygen atoms in total. The van der Waals surface area contributed by atoms with Gasteiger partial charge >= 0.3 is 0 Å². The molecule has 2 atom stereocenters. The first-order valence-corrected chi connectivity index (χ1v) is 37.1. The van der Waals surface area contributed by atoms with Crippen LogP contribution in [0, 0.1) is 25.7 Å². The molecule has 462 valence electrons. The molecule has 0 N–H and O–H groups in total. The standard InChI is InChI=1S/C78H116N2O2S2/c1-7-11-15-19-23-27-29-33-37-41-45-63(43-39-35-31-25-21-17-13-9-3)59-79-70-58-69-71(57-68(70)75(77(79)81)73-52-48-62(6)83-73)80(78(82)76(69)74-54-53-72(84-74)67-51-50-65-55-61(5)47-49-66(65)56-67)60-64(44-40-36-32-26-22-18-14-10-4)46-42-38-34-30-28-24-20-16-12-8-2/h47-58,63-64H,7-46,59-60H2,1-6H3. The number of carbonyl (C=O) groups excluding carboxylic acids is 2. The van der Waals surface area contributed by atoms with Gasteiger partial charge in [0, 0.05) is 43.0 Å². The lowest BCUT2D eigenvalue weighted by atomic mass is 9.93. The zero-order valence-corrected chi connectivity index (χ0v) is 55.9. The highest BCUT2D eigenvalue weighted by atomic mass is 32.1. The third-order valence-corrected chi connectivity index (χ3v) is 21.2. The molecule has 0 aliphatic carbocycles. The van der Waals surface area contributed by atoms with Crippen LogP contribution in [-0.4, -0.2) is 24.9 Å². The van der Waals surface area contributed by atoms with Crippen molar-refractivity contribution >= 4 is 67.8 Å². The van der Waals surface area contributed by atoms with Gasteiger partial charge in [0.2, 0.25) is 0 Å². The molecule has 3 aromatic carbocycles. The second-order valence-electron chi connectivity index (χ2n) is 26.3. The Morgan fingerprint density at radius 3 is 1.06 bits per heavy atom. The second-order valence-corrected chi connectivity index (χ2v) is 28.7. The van der Waals surface area contributed by atoms with Crippen molar-refractivity contribution in [3.05, 3.63) is 103 Å². The van der Waals surface area contributed by atoms with Crippen molar-refractivity contribution in [3.8, 4) is 10.4 Å². The summed E-state index contributed by atoms with van der Waals surface area (Å²) in [7, 11) is 0. The van der Waals surface area contributed by atoms with Crippen LogP contribution in [0.25, 0.3) is 32.4 Å². The van der Waals surface area contributed by atoms with Gasteiger partial charge in [0.1, 0.15) is 0 Å². The molecule has 0 radical (unpaired) electrons. The van der Waals surface area contributed by atoms with E-state index in [1.54, 1.807) is 22.7 Å². The number of unbranched alkanes of at least 4 members (excludes halogenated alkanes) is 32. The summed E-state index contributed by atoms with van der Waals surface area (Å²) in [5, 5.41) is 4.53. The summed E-state index contributed by atoms with van der Waals surface area (Å²) >= 11 is 3.50. The predicted molar refractivity (Wildman–Crippen MR) is 371 cm³/mol. The molecule has 0 saturated heterocycles. The van der Waals surface area contributed by atoms with Gasteiger partial charge in [-0.3, -0.25) is 9.59 Å². The lowest BCUT2D eigenvalue weighted by molar-refractivity contribution is -0.114. The summed E-state index contributed by atoms with van der Waals surface area (Å²) in [4.78, 5) is 40.3. The first-order chi connectivity index (χ1) is 41.2. The van der Waals surface area contributed by atoms with Gasteiger partial charge in [-0.1, -0.05) is 295 Å². The third kappa shape index (κ3) is 21.1. The minimum Gasteiger partial charge on any atom is -0.307 e. The molecule has 2 amide bonds. The maximum absolute atomic E-state index is 15.8. The zero-order chi connectivity index (χ0) is 59.1. The predicted octanol–water partition coefficient (Wildman–Crippen LogP) is 23.3. The third-order valence-electron chi connectivity index (χ3n) is 19.0. The van der Waals surface area contributed by atoms with Gasteiger partial charge in [0.15, 0.2) is 0 Å². The monoisotopic (exact) mass is 1180 g/mol. The first kappa shape index (κ1) is 67.5. The minimum absolute atomic E-state index is 0.139. The van der Waals surface area contributed by atoms with Gasteiger partial charge in [0.05, 0.1) is 22.5 Å². The van der Waals surface area contributed by atoms with E-state index in [0.717, 1.165) is 68.6 Å². The number of amides is 2. The van der Waals surface area contributed by atoms with Crippen LogP contribution in [-0.2, 0) is 9.59 Å². The summed E-state index contributed by atoms with van der Waals surface area (Å²) in [6.07, 6.45) is 52.4. The molecule has 0 spiro atoms. The number of rotatable bonds is 47. The fourth-order valence-electron chi connectivity index (χ4n) is 13.8. The van der Waals surface area contributed by atoms with Crippen molar-refractivity contribution in [1.29, 1.82) is 0 Å². The zero-order valence-electron chi connectivity index (χ0n) is 54.3. The average molecular weight is 1180 g/mol. The van der Waals surface area contributed by atoms with E-state index in [2.05, 4.69) is 124 Å². The number of hydrogen-bond acceptors (Lipinski definition) is 4. The largest absolute Gasteiger partial charge is 0.307 e. The van der Waals surface area contributed by atoms with E-state index in [1.807, 2.05) is 0 Å². The highest BCUT2D eigenvalue weighted by molar-refractivity contribution is 7.17. The number of fused-ring (bicyclic) bond motifs is 3. The molecule has 2 aliphatic heterocycles. The molecule has 0 saturated carbocycles. The highest BCUT2D eigenvalue weighted by Gasteiger charge is 2.38. The quantitative estimate of drug-likeness (QED) is 0.0364. The maximum atomic E-state index is 15.8. The molecule has 7 rings (SSSR count). The summed E-state index contributed by atoms with van der Waals surface area (Å²) in [6.45, 7) is 15.0. The molecule has 2 aromatic heterocycles. The Hall–Kier alpha value is -4.00. The van der Waals surface area contributed by atoms with Crippen LogP contribution < -0.4 is 20.2 Å². The van der Waals surface area contributed by atoms with Crippen molar-refractivity contribution < 1.29 is 9.59 Å². The van der Waals surface area contributed by atoms with E-state index in [1.165, 1.54) is 276 Å². The Morgan fingerprint density at radius 1 is 0.345 bits per heavy atom. The molecule has 2 aliphatic rings. The van der Waals surface area contributed by atoms with Gasteiger partial charge in [-0.2, -0.15) is 0 Å². The van der Waals surface area contributed by atoms with Gasteiger partial charge in [-0.15, -0.1) is 22.7 Å². The number of nitrogens with zero attached hydrogens (tertiary/aromatic N) is 2. The van der Waals surface area contributed by atoms with E-state index in [4.69, 9.17) is 0 Å². The lowest BCUT2D eigenvalue weighted by Gasteiger charge is -2.27. The van der Waals surface area contributed by atoms with Crippen molar-refractivity contribution in [2.75, 3.05) is 22.9 Å². The number of hydrogen-bond donors (Lipinski definition) is 0. The minimum atomic E-state index is 0.139. The average Bonchev–Trinajstić information content (AvgIpc) is 1.94. The van der Waals surface area contributed by atoms with E-state index in [-0.39, 0.29) is 11.8 Å². The number of thiophene rings is 2. The summed E-state index contributed by atoms with van der Waals surface area (Å²) in [5.41, 5.74) is 6.13. The number of carbonyl (C=O) groups is 2. The van der Waals surface area contributed by atoms with Crippen LogP contribution in [0.5, 0.6) is 0 Å². The number of aryl methyl sites for hydroxylation is 2.